The minimum atomic E-state index is -0.419. The van der Waals surface area contributed by atoms with Gasteiger partial charge in [-0.3, -0.25) is 9.59 Å². The summed E-state index contributed by atoms with van der Waals surface area (Å²) in [5.41, 5.74) is 1.22. The van der Waals surface area contributed by atoms with E-state index in [0.717, 1.165) is 17.4 Å². The van der Waals surface area contributed by atoms with Crippen LogP contribution in [0.4, 0.5) is 5.69 Å². The third kappa shape index (κ3) is 3.04. The summed E-state index contributed by atoms with van der Waals surface area (Å²) in [6, 6.07) is 5.74. The molecule has 4 nitrogen and oxygen atoms in total. The van der Waals surface area contributed by atoms with E-state index in [2.05, 4.69) is 35.1 Å². The van der Waals surface area contributed by atoms with Crippen molar-refractivity contribution in [2.75, 3.05) is 18.0 Å². The summed E-state index contributed by atoms with van der Waals surface area (Å²) in [4.78, 5) is 25.4. The second-order valence-electron chi connectivity index (χ2n) is 4.91. The zero-order valence-corrected chi connectivity index (χ0v) is 12.7. The molecule has 0 aliphatic carbocycles. The van der Waals surface area contributed by atoms with E-state index in [1.165, 1.54) is 0 Å². The molecule has 0 aromatic heterocycles. The minimum absolute atomic E-state index is 0.403. The highest BCUT2D eigenvalue weighted by Gasteiger charge is 2.35. The molecule has 0 radical (unpaired) electrons. The van der Waals surface area contributed by atoms with Crippen LogP contribution >= 0.6 is 15.9 Å². The Morgan fingerprint density at radius 3 is 2.74 bits per heavy atom. The molecule has 102 valence electrons. The van der Waals surface area contributed by atoms with Gasteiger partial charge in [0.05, 0.1) is 11.3 Å². The number of rotatable bonds is 5. The molecule has 0 bridgehead atoms. The second kappa shape index (κ2) is 5.84. The van der Waals surface area contributed by atoms with E-state index < -0.39 is 11.7 Å². The maximum absolute atomic E-state index is 11.9. The van der Waals surface area contributed by atoms with Crippen LogP contribution in [0.3, 0.4) is 0 Å². The van der Waals surface area contributed by atoms with Crippen LogP contribution in [0.5, 0.6) is 0 Å². The highest BCUT2D eigenvalue weighted by atomic mass is 79.9. The first-order chi connectivity index (χ1) is 9.00. The van der Waals surface area contributed by atoms with Crippen molar-refractivity contribution in [3.05, 3.63) is 28.2 Å². The zero-order valence-electron chi connectivity index (χ0n) is 11.1. The topological polar surface area (TPSA) is 49.4 Å². The molecule has 1 aliphatic rings. The molecule has 2 rings (SSSR count). The number of ketones is 1. The van der Waals surface area contributed by atoms with Gasteiger partial charge in [0.2, 0.25) is 0 Å². The number of carbonyl (C=O) groups is 2. The maximum atomic E-state index is 11.9. The van der Waals surface area contributed by atoms with Crippen LogP contribution in [-0.4, -0.2) is 30.8 Å². The number of halogens is 1. The zero-order chi connectivity index (χ0) is 14.0. The fourth-order valence-electron chi connectivity index (χ4n) is 2.12. The number of carbonyl (C=O) groups excluding carboxylic acids is 2. The summed E-state index contributed by atoms with van der Waals surface area (Å²) < 4.78 is 0.874. The molecule has 1 aromatic rings. The molecule has 0 fully saturated rings. The van der Waals surface area contributed by atoms with Crippen LogP contribution in [0, 0.1) is 0 Å². The number of nitrogens with zero attached hydrogens (tertiary/aromatic N) is 1. The molecule has 1 N–H and O–H groups in total. The monoisotopic (exact) mass is 324 g/mol. The van der Waals surface area contributed by atoms with Crippen molar-refractivity contribution in [2.24, 2.45) is 0 Å². The average Bonchev–Trinajstić information content (AvgIpc) is 2.58. The van der Waals surface area contributed by atoms with Crippen LogP contribution in [-0.2, 0) is 4.79 Å². The molecule has 1 amide bonds. The largest absolute Gasteiger partial charge is 0.314 e. The molecule has 1 aromatic carbocycles. The Labute approximate surface area is 121 Å². The van der Waals surface area contributed by atoms with Gasteiger partial charge in [0, 0.05) is 17.1 Å². The van der Waals surface area contributed by atoms with E-state index in [1.54, 1.807) is 17.0 Å². The quantitative estimate of drug-likeness (QED) is 0.668. The Morgan fingerprint density at radius 1 is 1.32 bits per heavy atom. The fourth-order valence-corrected chi connectivity index (χ4v) is 2.47. The summed E-state index contributed by atoms with van der Waals surface area (Å²) in [5, 5.41) is 3.30. The molecule has 0 atom stereocenters. The molecule has 0 unspecified atom stereocenters. The van der Waals surface area contributed by atoms with Crippen LogP contribution in [0.25, 0.3) is 0 Å². The molecule has 19 heavy (non-hydrogen) atoms. The van der Waals surface area contributed by atoms with E-state index in [9.17, 15) is 9.59 Å². The highest BCUT2D eigenvalue weighted by molar-refractivity contribution is 9.10. The Morgan fingerprint density at radius 2 is 2.05 bits per heavy atom. The predicted molar refractivity (Wildman–Crippen MR) is 78.6 cm³/mol. The van der Waals surface area contributed by atoms with E-state index in [4.69, 9.17) is 0 Å². The van der Waals surface area contributed by atoms with Crippen molar-refractivity contribution in [3.63, 3.8) is 0 Å². The van der Waals surface area contributed by atoms with Crippen molar-refractivity contribution in [1.29, 1.82) is 0 Å². The van der Waals surface area contributed by atoms with Gasteiger partial charge >= 0.3 is 0 Å². The van der Waals surface area contributed by atoms with Crippen LogP contribution < -0.4 is 10.2 Å². The lowest BCUT2D eigenvalue weighted by molar-refractivity contribution is -0.114. The van der Waals surface area contributed by atoms with Gasteiger partial charge in [-0.15, -0.1) is 0 Å². The summed E-state index contributed by atoms with van der Waals surface area (Å²) in [7, 11) is 0. The van der Waals surface area contributed by atoms with E-state index in [-0.39, 0.29) is 0 Å². The molecule has 5 heteroatoms. The van der Waals surface area contributed by atoms with Gasteiger partial charge in [0.1, 0.15) is 0 Å². The lowest BCUT2D eigenvalue weighted by atomic mass is 10.1. The van der Waals surface area contributed by atoms with E-state index in [0.29, 0.717) is 23.8 Å². The van der Waals surface area contributed by atoms with E-state index >= 15 is 0 Å². The molecule has 0 spiro atoms. The standard InChI is InChI=1S/C14H17BrN2O2/c1-9(2)16-6-3-7-17-12-8-10(15)4-5-11(12)13(18)14(17)19/h4-5,8-9,16H,3,6-7H2,1-2H3. The Bertz CT molecular complexity index is 514. The summed E-state index contributed by atoms with van der Waals surface area (Å²) in [6.45, 7) is 5.56. The minimum Gasteiger partial charge on any atom is -0.314 e. The van der Waals surface area contributed by atoms with Gasteiger partial charge in [0.15, 0.2) is 0 Å². The van der Waals surface area contributed by atoms with Crippen molar-refractivity contribution in [1.82, 2.24) is 5.32 Å². The van der Waals surface area contributed by atoms with Crippen LogP contribution in [0.15, 0.2) is 22.7 Å². The lowest BCUT2D eigenvalue weighted by Crippen LogP contribution is -2.33. The first-order valence-corrected chi connectivity index (χ1v) is 7.19. The molecule has 1 aliphatic heterocycles. The number of nitrogens with one attached hydrogen (secondary N) is 1. The van der Waals surface area contributed by atoms with Crippen molar-refractivity contribution < 1.29 is 9.59 Å². The van der Waals surface area contributed by atoms with Crippen molar-refractivity contribution in [2.45, 2.75) is 26.3 Å². The molecular formula is C14H17BrN2O2. The SMILES string of the molecule is CC(C)NCCCN1C(=O)C(=O)c2ccc(Br)cc21. The number of Topliss-reactive ketones (excluding diaryl/α,β-unsaturated/α-hetero) is 1. The third-order valence-electron chi connectivity index (χ3n) is 3.05. The fraction of sp³-hybridized carbons (Fsp3) is 0.429. The first kappa shape index (κ1) is 14.2. The van der Waals surface area contributed by atoms with Crippen molar-refractivity contribution in [3.8, 4) is 0 Å². The Balaban J connectivity index is 2.08. The molecule has 0 saturated heterocycles. The van der Waals surface area contributed by atoms with Crippen molar-refractivity contribution >= 4 is 33.3 Å². The maximum Gasteiger partial charge on any atom is 0.299 e. The number of amides is 1. The average molecular weight is 325 g/mol. The molecular weight excluding hydrogens is 308 g/mol. The number of hydrogen-bond donors (Lipinski definition) is 1. The number of benzene rings is 1. The van der Waals surface area contributed by atoms with Gasteiger partial charge in [-0.05, 0) is 31.2 Å². The number of anilines is 1. The van der Waals surface area contributed by atoms with Gasteiger partial charge in [0.25, 0.3) is 11.7 Å². The van der Waals surface area contributed by atoms with Crippen LogP contribution in [0.1, 0.15) is 30.6 Å². The summed E-state index contributed by atoms with van der Waals surface area (Å²) in [5.74, 6) is -0.822. The number of hydrogen-bond acceptors (Lipinski definition) is 3. The lowest BCUT2D eigenvalue weighted by Gasteiger charge is -2.17. The smallest absolute Gasteiger partial charge is 0.299 e. The number of fused-ring (bicyclic) bond motifs is 1. The van der Waals surface area contributed by atoms with E-state index in [1.807, 2.05) is 6.07 Å². The summed E-state index contributed by atoms with van der Waals surface area (Å²) in [6.07, 6.45) is 0.823. The third-order valence-corrected chi connectivity index (χ3v) is 3.54. The molecule has 1 heterocycles. The van der Waals surface area contributed by atoms with Gasteiger partial charge in [-0.2, -0.15) is 0 Å². The van der Waals surface area contributed by atoms with Gasteiger partial charge < -0.3 is 10.2 Å². The second-order valence-corrected chi connectivity index (χ2v) is 5.83. The van der Waals surface area contributed by atoms with Crippen LogP contribution in [0.2, 0.25) is 0 Å². The molecule has 0 saturated carbocycles. The predicted octanol–water partition coefficient (Wildman–Crippen LogP) is 2.37. The summed E-state index contributed by atoms with van der Waals surface area (Å²) >= 11 is 3.37. The first-order valence-electron chi connectivity index (χ1n) is 6.40. The highest BCUT2D eigenvalue weighted by Crippen LogP contribution is 2.31. The van der Waals surface area contributed by atoms with Gasteiger partial charge in [-0.25, -0.2) is 0 Å². The van der Waals surface area contributed by atoms with Gasteiger partial charge in [-0.1, -0.05) is 29.8 Å². The Kier molecular flexibility index (Phi) is 4.37. The normalized spacial score (nSPS) is 14.4. The Hall–Kier alpha value is -1.20.